The summed E-state index contributed by atoms with van der Waals surface area (Å²) in [5.41, 5.74) is 6.56. The second-order valence-corrected chi connectivity index (χ2v) is 35.5. The van der Waals surface area contributed by atoms with Crippen molar-refractivity contribution >= 4 is 133 Å². The number of nitrogen functional groups attached to an aromatic ring is 2. The zero-order valence-corrected chi connectivity index (χ0v) is 65.3. The lowest BCUT2D eigenvalue weighted by molar-refractivity contribution is -0.109. The van der Waals surface area contributed by atoms with Gasteiger partial charge in [0.1, 0.15) is 73.7 Å². The molecule has 0 aromatic carbocycles. The van der Waals surface area contributed by atoms with Crippen LogP contribution in [0.4, 0.5) is 11.9 Å². The first-order valence-corrected chi connectivity index (χ1v) is 42.6. The van der Waals surface area contributed by atoms with E-state index in [0.29, 0.717) is 0 Å². The smallest absolute Gasteiger partial charge is 0.394 e. The first kappa shape index (κ1) is 85.4. The molecule has 53 heteroatoms. The number of hydrogen-bond acceptors (Lipinski definition) is 40. The minimum Gasteiger partial charge on any atom is -0.394 e. The number of nitrogens with zero attached hydrogens (tertiary/aromatic N) is 8. The molecular formula is C56H76N14O31P4S4. The summed E-state index contributed by atoms with van der Waals surface area (Å²) in [6.45, 7) is 2.19. The lowest BCUT2D eigenvalue weighted by Crippen LogP contribution is -2.33. The Kier molecular flexibility index (Phi) is 29.2. The summed E-state index contributed by atoms with van der Waals surface area (Å²) in [6.07, 6.45) is -14.7. The molecule has 6 aromatic heterocycles. The fraction of sp³-hybridized carbons (Fsp3) is 0.607. The maximum Gasteiger partial charge on any atom is 0.475 e. The zero-order valence-electron chi connectivity index (χ0n) is 58.4. The van der Waals surface area contributed by atoms with Gasteiger partial charge >= 0.3 is 42.7 Å². The summed E-state index contributed by atoms with van der Waals surface area (Å²) in [7, 11) is -20.6. The zero-order chi connectivity index (χ0) is 78.9. The van der Waals surface area contributed by atoms with E-state index in [9.17, 15) is 62.5 Å². The Labute approximate surface area is 631 Å². The van der Waals surface area contributed by atoms with Gasteiger partial charge in [-0.15, -0.1) is 0 Å². The number of aliphatic hydroxyl groups excluding tert-OH is 1. The lowest BCUT2D eigenvalue weighted by Gasteiger charge is -2.28. The summed E-state index contributed by atoms with van der Waals surface area (Å²) >= 11 is 3.07. The van der Waals surface area contributed by atoms with E-state index >= 15 is 13.7 Å². The van der Waals surface area contributed by atoms with Gasteiger partial charge in [0.05, 0.1) is 65.5 Å². The molecule has 4 aliphatic heterocycles. The molecule has 4 saturated heterocycles. The number of fused-ring (bicyclic) bond motifs is 2. The maximum atomic E-state index is 15.8. The van der Waals surface area contributed by atoms with Gasteiger partial charge in [-0.2, -0.15) is 9.97 Å². The van der Waals surface area contributed by atoms with Crippen molar-refractivity contribution in [2.45, 2.75) is 141 Å². The highest BCUT2D eigenvalue weighted by molar-refractivity contribution is 8.14. The van der Waals surface area contributed by atoms with Gasteiger partial charge in [0, 0.05) is 99.9 Å². The Bertz CT molecular complexity index is 4900. The second kappa shape index (κ2) is 37.3. The molecule has 0 spiro atoms. The van der Waals surface area contributed by atoms with Gasteiger partial charge in [0.25, 0.3) is 22.2 Å². The van der Waals surface area contributed by atoms with Crippen molar-refractivity contribution in [1.29, 1.82) is 0 Å². The van der Waals surface area contributed by atoms with Gasteiger partial charge in [-0.25, -0.2) is 37.8 Å². The van der Waals surface area contributed by atoms with Gasteiger partial charge in [-0.05, 0) is 13.8 Å². The molecule has 0 aliphatic carbocycles. The van der Waals surface area contributed by atoms with Crippen LogP contribution in [0.1, 0.15) is 89.4 Å². The largest absolute Gasteiger partial charge is 0.475 e. The quantitative estimate of drug-likeness (QED) is 0.0204. The Hall–Kier alpha value is -6.02. The van der Waals surface area contributed by atoms with E-state index in [-0.39, 0.29) is 90.1 Å². The molecule has 0 radical (unpaired) electrons. The minimum absolute atomic E-state index is 0.0478. The van der Waals surface area contributed by atoms with Crippen LogP contribution < -0.4 is 45.1 Å². The van der Waals surface area contributed by atoms with Crippen molar-refractivity contribution in [2.24, 2.45) is 0 Å². The fourth-order valence-electron chi connectivity index (χ4n) is 11.3. The number of nitrogens with one attached hydrogen (secondary N) is 4. The van der Waals surface area contributed by atoms with E-state index in [0.717, 1.165) is 75.0 Å². The van der Waals surface area contributed by atoms with Crippen molar-refractivity contribution in [3.63, 3.8) is 0 Å². The van der Waals surface area contributed by atoms with Gasteiger partial charge < -0.3 is 40.4 Å². The van der Waals surface area contributed by atoms with E-state index in [1.54, 1.807) is 0 Å². The van der Waals surface area contributed by atoms with E-state index in [1.807, 2.05) is 0 Å². The van der Waals surface area contributed by atoms with Crippen LogP contribution in [0.3, 0.4) is 0 Å². The number of ether oxygens (including phenoxy) is 4. The molecule has 4 unspecified atom stereocenters. The highest BCUT2D eigenvalue weighted by atomic mass is 32.2. The lowest BCUT2D eigenvalue weighted by atomic mass is 10.2. The fourth-order valence-corrected chi connectivity index (χ4v) is 18.7. The third kappa shape index (κ3) is 22.7. The molecule has 600 valence electrons. The summed E-state index contributed by atoms with van der Waals surface area (Å²) < 4.78 is 155. The van der Waals surface area contributed by atoms with Crippen LogP contribution in [-0.4, -0.2) is 213 Å². The predicted molar refractivity (Wildman–Crippen MR) is 385 cm³/mol. The number of carbonyl (C=O) groups is 4. The van der Waals surface area contributed by atoms with Crippen molar-refractivity contribution in [1.82, 2.24) is 58.1 Å². The number of phosphoric ester groups is 4. The summed E-state index contributed by atoms with van der Waals surface area (Å²) in [5, 5.41) is 9.08. The number of aromatic nitrogens is 12. The Balaban J connectivity index is 0.974. The summed E-state index contributed by atoms with van der Waals surface area (Å²) in [4.78, 5) is 162. The van der Waals surface area contributed by atoms with E-state index in [4.69, 9.17) is 80.2 Å². The van der Waals surface area contributed by atoms with Gasteiger partial charge in [-0.1, -0.05) is 47.0 Å². The molecule has 0 amide bonds. The molecule has 10 heterocycles. The number of carbonyl (C=O) groups excluding carboxylic acids is 4. The predicted octanol–water partition coefficient (Wildman–Crippen LogP) is 2.48. The highest BCUT2D eigenvalue weighted by Crippen LogP contribution is 2.59. The number of aliphatic hydroxyl groups is 1. The van der Waals surface area contributed by atoms with E-state index in [1.165, 1.54) is 56.9 Å². The third-order valence-corrected chi connectivity index (χ3v) is 24.8. The molecule has 45 nitrogen and oxygen atoms in total. The van der Waals surface area contributed by atoms with Crippen molar-refractivity contribution in [3.8, 4) is 0 Å². The van der Waals surface area contributed by atoms with Gasteiger partial charge in [0.15, 0.2) is 42.8 Å². The second-order valence-electron chi connectivity index (χ2n) is 24.1. The van der Waals surface area contributed by atoms with E-state index < -0.39 is 216 Å². The van der Waals surface area contributed by atoms with Crippen molar-refractivity contribution in [3.05, 3.63) is 98.6 Å². The van der Waals surface area contributed by atoms with Crippen molar-refractivity contribution < 1.29 is 116 Å². The molecule has 0 saturated carbocycles. The molecule has 10 rings (SSSR count). The van der Waals surface area contributed by atoms with Crippen molar-refractivity contribution in [2.75, 3.05) is 87.3 Å². The highest BCUT2D eigenvalue weighted by Gasteiger charge is 2.51. The molecule has 109 heavy (non-hydrogen) atoms. The molecular weight excluding hydrogens is 1620 g/mol. The average Bonchev–Trinajstić information content (AvgIpc) is 1.62. The van der Waals surface area contributed by atoms with Crippen LogP contribution >= 0.6 is 78.3 Å². The van der Waals surface area contributed by atoms with Crippen LogP contribution in [0.2, 0.25) is 0 Å². The first-order valence-electron chi connectivity index (χ1n) is 32.8. The molecule has 0 bridgehead atoms. The molecule has 16 atom stereocenters. The number of rotatable bonds is 38. The molecule has 4 aliphatic rings. The number of H-pyrrole nitrogens is 4. The number of anilines is 2. The SMILES string of the molecule is CC(=O)SCCOP(=O)(O)O[C@H]1C[C@H](n2cc(C)c(=O)[nH]c2=O)O[C@@H]1COP(=O)(OCCSC(C)=O)O[C@H]1C[C@H](n2cnc3c(=O)[nH]c(N)nc32)O[C@@H]1COP(=O)(OCCSC(C)=O)O[C@H]1C[C@H](n2cnc3c(=O)[nH]c(N)nc32)O[C@@H]1COP(=O)(OCCSC(C)=O)O[C@H]1C[C@H](n2cc(C)c(=O)[nH]c2=O)O[C@@H]1CO. The van der Waals surface area contributed by atoms with Crippen LogP contribution in [0.25, 0.3) is 22.3 Å². The molecule has 10 N–H and O–H groups in total. The average molecular weight is 1690 g/mol. The molecule has 4 fully saturated rings. The number of imidazole rings is 2. The third-order valence-electron chi connectivity index (χ3n) is 16.1. The number of hydrogen-bond donors (Lipinski definition) is 8. The number of nitrogens with two attached hydrogens (primary N) is 2. The van der Waals surface area contributed by atoms with Gasteiger partial charge in [0.2, 0.25) is 11.9 Å². The Morgan fingerprint density at radius 1 is 0.477 bits per heavy atom. The number of aromatic amines is 4. The normalized spacial score (nSPS) is 25.2. The number of thioether (sulfide) groups is 4. The summed E-state index contributed by atoms with van der Waals surface area (Å²) in [5.74, 6) is -1.22. The molecule has 6 aromatic rings. The summed E-state index contributed by atoms with van der Waals surface area (Å²) in [6, 6.07) is 0. The van der Waals surface area contributed by atoms with Gasteiger partial charge in [-0.3, -0.25) is 126 Å². The van der Waals surface area contributed by atoms with Crippen LogP contribution in [0, 0.1) is 13.8 Å². The number of phosphoric acid groups is 4. The number of aryl methyl sites for hydroxylation is 2. The van der Waals surface area contributed by atoms with Crippen LogP contribution in [-0.2, 0) is 106 Å². The topological polar surface area (TPSA) is 604 Å². The first-order chi connectivity index (χ1) is 51.6. The van der Waals surface area contributed by atoms with Crippen LogP contribution in [0.5, 0.6) is 0 Å². The maximum absolute atomic E-state index is 15.8. The Morgan fingerprint density at radius 2 is 0.789 bits per heavy atom. The minimum atomic E-state index is -5.29. The Morgan fingerprint density at radius 3 is 1.13 bits per heavy atom. The standard InChI is InChI=1S/C56H76N14O31P4S4/c1-27-19-67(55(80)65-49(27)76)41-15-33(37(21-71)94-41)99-103(84,88-8-12-107-30(4)73)92-23-39-35(17-43(96-39)69-25-59-45-47(69)61-53(57)63-51(45)78)101-105(86,90-10-14-109-32(6)75)93-24-40-36(18-44(97-40)70-26-60-46-48(70)62-54(58)64-52(46)79)100-104(85,89-9-13-108-31(5)74)91-22-38-34(98-102(82,83)87-7-11-106-29(3)72)16-42(95-38)68-20-28(2)50(77)66-56(68)81/h19-20,25-26,33-44,71H,7-18,21-24H2,1-6H3,(H,82,83)(H,65,76,80)(H,66,77,81)(H3,57,61,63,78)(H3,58,62,64,79)/t33-,34-,35-,36-,37+,38+,39+,40+,41+,42+,43+,44+,103?,104?,105?/m0/s1. The van der Waals surface area contributed by atoms with Crippen LogP contribution in [0.15, 0.2) is 53.8 Å². The van der Waals surface area contributed by atoms with E-state index in [2.05, 4.69) is 39.9 Å². The monoisotopic (exact) mass is 1690 g/mol.